The lowest BCUT2D eigenvalue weighted by molar-refractivity contribution is 0.628. The summed E-state index contributed by atoms with van der Waals surface area (Å²) in [4.78, 5) is 4.54. The Morgan fingerprint density at radius 1 is 0.893 bits per heavy atom. The maximum Gasteiger partial charge on any atom is 0.175 e. The number of pyridine rings is 1. The van der Waals surface area contributed by atoms with Crippen molar-refractivity contribution in [1.82, 2.24) is 4.98 Å². The highest BCUT2D eigenvalue weighted by Gasteiger charge is 2.11. The fourth-order valence-electron chi connectivity index (χ4n) is 2.95. The topological polar surface area (TPSA) is 37.0 Å². The molecule has 0 radical (unpaired) electrons. The molecule has 0 unspecified atom stereocenters. The fourth-order valence-corrected chi connectivity index (χ4v) is 3.39. The van der Waals surface area contributed by atoms with Gasteiger partial charge in [-0.1, -0.05) is 35.9 Å². The van der Waals surface area contributed by atoms with Crippen LogP contribution in [0, 0.1) is 5.82 Å². The maximum absolute atomic E-state index is 13.0. The number of hydrogen-bond donors (Lipinski definition) is 2. The molecule has 0 saturated carbocycles. The molecule has 0 saturated heterocycles. The average Bonchev–Trinajstić information content (AvgIpc) is 2.71. The first-order valence-corrected chi connectivity index (χ1v) is 9.36. The smallest absolute Gasteiger partial charge is 0.175 e. The van der Waals surface area contributed by atoms with Gasteiger partial charge in [0, 0.05) is 28.5 Å². The molecule has 0 fully saturated rings. The van der Waals surface area contributed by atoms with Crippen molar-refractivity contribution >= 4 is 51.1 Å². The van der Waals surface area contributed by atoms with Gasteiger partial charge in [0.15, 0.2) is 5.11 Å². The molecule has 0 aliphatic heterocycles. The lowest BCUT2D eigenvalue weighted by atomic mass is 10.0. The second kappa shape index (κ2) is 7.92. The number of fused-ring (bicyclic) bond motifs is 1. The van der Waals surface area contributed by atoms with Crippen molar-refractivity contribution in [2.24, 2.45) is 0 Å². The number of anilines is 2. The highest BCUT2D eigenvalue weighted by atomic mass is 35.5. The van der Waals surface area contributed by atoms with Gasteiger partial charge in [0.1, 0.15) is 5.82 Å². The van der Waals surface area contributed by atoms with Crippen LogP contribution in [0.2, 0.25) is 5.02 Å². The monoisotopic (exact) mass is 407 g/mol. The highest BCUT2D eigenvalue weighted by molar-refractivity contribution is 7.80. The van der Waals surface area contributed by atoms with Crippen molar-refractivity contribution in [2.45, 2.75) is 0 Å². The molecule has 2 N–H and O–H groups in total. The molecule has 0 atom stereocenters. The first-order valence-electron chi connectivity index (χ1n) is 8.57. The van der Waals surface area contributed by atoms with Crippen LogP contribution in [0.5, 0.6) is 0 Å². The Labute approximate surface area is 172 Å². The Hall–Kier alpha value is -3.02. The Morgan fingerprint density at radius 2 is 1.61 bits per heavy atom. The Bertz CT molecular complexity index is 1160. The summed E-state index contributed by atoms with van der Waals surface area (Å²) in [6.45, 7) is 0. The number of thiocarbonyl (C=S) groups is 1. The number of nitrogens with zero attached hydrogens (tertiary/aromatic N) is 1. The van der Waals surface area contributed by atoms with Crippen LogP contribution in [0.4, 0.5) is 15.8 Å². The van der Waals surface area contributed by atoms with Gasteiger partial charge in [-0.3, -0.25) is 4.98 Å². The third-order valence-electron chi connectivity index (χ3n) is 4.26. The third-order valence-corrected chi connectivity index (χ3v) is 4.79. The van der Waals surface area contributed by atoms with Gasteiger partial charge in [-0.05, 0) is 66.1 Å². The minimum atomic E-state index is -0.297. The van der Waals surface area contributed by atoms with E-state index in [2.05, 4.69) is 15.6 Å². The van der Waals surface area contributed by atoms with Crippen molar-refractivity contribution in [3.63, 3.8) is 0 Å². The van der Waals surface area contributed by atoms with Gasteiger partial charge in [0.2, 0.25) is 0 Å². The molecule has 1 heterocycles. The van der Waals surface area contributed by atoms with Gasteiger partial charge in [-0.15, -0.1) is 0 Å². The molecular formula is C22H15ClFN3S. The van der Waals surface area contributed by atoms with Crippen molar-refractivity contribution in [3.8, 4) is 11.3 Å². The predicted molar refractivity (Wildman–Crippen MR) is 118 cm³/mol. The normalized spacial score (nSPS) is 10.6. The number of hydrogen-bond acceptors (Lipinski definition) is 2. The van der Waals surface area contributed by atoms with Gasteiger partial charge in [0.25, 0.3) is 0 Å². The second-order valence-electron chi connectivity index (χ2n) is 6.16. The number of benzene rings is 3. The van der Waals surface area contributed by atoms with E-state index in [0.29, 0.717) is 15.8 Å². The molecule has 3 nitrogen and oxygen atoms in total. The van der Waals surface area contributed by atoms with Gasteiger partial charge in [-0.2, -0.15) is 0 Å². The largest absolute Gasteiger partial charge is 0.332 e. The zero-order valence-electron chi connectivity index (χ0n) is 14.6. The summed E-state index contributed by atoms with van der Waals surface area (Å²) in [5, 5.41) is 9.27. The lowest BCUT2D eigenvalue weighted by Gasteiger charge is -2.13. The molecule has 0 aliphatic rings. The van der Waals surface area contributed by atoms with Crippen LogP contribution in [0.15, 0.2) is 79.0 Å². The summed E-state index contributed by atoms with van der Waals surface area (Å²) in [5.41, 5.74) is 3.09. The highest BCUT2D eigenvalue weighted by Crippen LogP contribution is 2.33. The van der Waals surface area contributed by atoms with Crippen LogP contribution >= 0.6 is 23.8 Å². The number of aromatic nitrogens is 1. The first-order chi connectivity index (χ1) is 13.6. The molecular weight excluding hydrogens is 393 g/mol. The van der Waals surface area contributed by atoms with E-state index in [4.69, 9.17) is 23.8 Å². The Morgan fingerprint density at radius 3 is 2.43 bits per heavy atom. The molecule has 138 valence electrons. The zero-order valence-corrected chi connectivity index (χ0v) is 16.2. The summed E-state index contributed by atoms with van der Waals surface area (Å²) >= 11 is 11.8. The number of rotatable bonds is 3. The second-order valence-corrected chi connectivity index (χ2v) is 6.98. The minimum absolute atomic E-state index is 0.297. The summed E-state index contributed by atoms with van der Waals surface area (Å²) in [6.07, 6.45) is 1.77. The molecule has 3 aromatic carbocycles. The van der Waals surface area contributed by atoms with Gasteiger partial charge < -0.3 is 10.6 Å². The van der Waals surface area contributed by atoms with E-state index in [-0.39, 0.29) is 5.82 Å². The number of halogens is 2. The van der Waals surface area contributed by atoms with E-state index in [9.17, 15) is 4.39 Å². The van der Waals surface area contributed by atoms with Gasteiger partial charge >= 0.3 is 0 Å². The quantitative estimate of drug-likeness (QED) is 0.380. The SMILES string of the molecule is Fc1ccc(NC(=S)Nc2ccc(Cl)c(-c3nccc4ccccc34)c2)cc1. The molecule has 0 amide bonds. The molecule has 0 aliphatic carbocycles. The van der Waals surface area contributed by atoms with Gasteiger partial charge in [0.05, 0.1) is 10.7 Å². The van der Waals surface area contributed by atoms with Crippen LogP contribution in [0.3, 0.4) is 0 Å². The van der Waals surface area contributed by atoms with E-state index in [1.807, 2.05) is 48.5 Å². The van der Waals surface area contributed by atoms with Gasteiger partial charge in [-0.25, -0.2) is 4.39 Å². The van der Waals surface area contributed by atoms with Crippen molar-refractivity contribution in [3.05, 3.63) is 89.8 Å². The molecule has 0 spiro atoms. The van der Waals surface area contributed by atoms with Crippen LogP contribution < -0.4 is 10.6 Å². The standard InChI is InChI=1S/C22H15ClFN3S/c23-20-10-9-17(27-22(28)26-16-7-5-15(24)6-8-16)13-19(20)21-18-4-2-1-3-14(18)11-12-25-21/h1-13H,(H2,26,27,28). The van der Waals surface area contributed by atoms with E-state index < -0.39 is 0 Å². The third kappa shape index (κ3) is 3.96. The molecule has 4 rings (SSSR count). The first kappa shape index (κ1) is 18.3. The maximum atomic E-state index is 13.0. The number of nitrogens with one attached hydrogen (secondary N) is 2. The summed E-state index contributed by atoms with van der Waals surface area (Å²) in [5.74, 6) is -0.297. The zero-order chi connectivity index (χ0) is 19.5. The molecule has 6 heteroatoms. The summed E-state index contributed by atoms with van der Waals surface area (Å²) in [6, 6.07) is 21.6. The lowest BCUT2D eigenvalue weighted by Crippen LogP contribution is -2.19. The Kier molecular flexibility index (Phi) is 5.19. The predicted octanol–water partition coefficient (Wildman–Crippen LogP) is 6.50. The minimum Gasteiger partial charge on any atom is -0.332 e. The fraction of sp³-hybridized carbons (Fsp3) is 0. The summed E-state index contributed by atoms with van der Waals surface area (Å²) < 4.78 is 13.0. The van der Waals surface area contributed by atoms with Crippen molar-refractivity contribution < 1.29 is 4.39 Å². The molecule has 0 bridgehead atoms. The van der Waals surface area contributed by atoms with Crippen LogP contribution in [0.1, 0.15) is 0 Å². The van der Waals surface area contributed by atoms with Crippen LogP contribution in [-0.4, -0.2) is 10.1 Å². The molecule has 28 heavy (non-hydrogen) atoms. The van der Waals surface area contributed by atoms with E-state index in [1.54, 1.807) is 18.3 Å². The Balaban J connectivity index is 1.62. The molecule has 4 aromatic rings. The van der Waals surface area contributed by atoms with E-state index in [0.717, 1.165) is 27.7 Å². The average molecular weight is 408 g/mol. The molecule has 1 aromatic heterocycles. The van der Waals surface area contributed by atoms with Crippen molar-refractivity contribution in [2.75, 3.05) is 10.6 Å². The van der Waals surface area contributed by atoms with E-state index in [1.165, 1.54) is 12.1 Å². The summed E-state index contributed by atoms with van der Waals surface area (Å²) in [7, 11) is 0. The van der Waals surface area contributed by atoms with Crippen LogP contribution in [0.25, 0.3) is 22.0 Å². The van der Waals surface area contributed by atoms with Crippen LogP contribution in [-0.2, 0) is 0 Å². The van der Waals surface area contributed by atoms with E-state index >= 15 is 0 Å². The van der Waals surface area contributed by atoms with Crippen molar-refractivity contribution in [1.29, 1.82) is 0 Å².